The lowest BCUT2D eigenvalue weighted by Crippen LogP contribution is -2.52. The normalized spacial score (nSPS) is 15.5. The molecule has 0 saturated heterocycles. The molecule has 0 unspecified atom stereocenters. The van der Waals surface area contributed by atoms with E-state index in [1.54, 1.807) is 19.1 Å². The van der Waals surface area contributed by atoms with Gasteiger partial charge in [0.25, 0.3) is 10.0 Å². The first-order chi connectivity index (χ1) is 21.0. The number of carbonyl (C=O) groups excluding carboxylic acids is 2. The summed E-state index contributed by atoms with van der Waals surface area (Å²) in [6, 6.07) is 12.8. The summed E-state index contributed by atoms with van der Waals surface area (Å²) in [5.74, 6) is -0.964. The molecule has 44 heavy (non-hydrogen) atoms. The van der Waals surface area contributed by atoms with Crippen LogP contribution >= 0.6 is 23.2 Å². The van der Waals surface area contributed by atoms with Gasteiger partial charge in [0.1, 0.15) is 31.6 Å². The highest BCUT2D eigenvalue weighted by molar-refractivity contribution is 7.92. The molecule has 3 aromatic rings. The second-order valence-electron chi connectivity index (χ2n) is 10.7. The molecule has 0 aromatic heterocycles. The number of nitrogens with one attached hydrogen (secondary N) is 1. The molecule has 1 aliphatic heterocycles. The number of hydrogen-bond donors (Lipinski definition) is 1. The van der Waals surface area contributed by atoms with Gasteiger partial charge in [0.2, 0.25) is 11.8 Å². The van der Waals surface area contributed by atoms with Crippen molar-refractivity contribution in [3.8, 4) is 11.5 Å². The van der Waals surface area contributed by atoms with Crippen molar-refractivity contribution in [2.75, 3.05) is 24.1 Å². The van der Waals surface area contributed by atoms with E-state index in [1.165, 1.54) is 41.3 Å². The predicted octanol–water partition coefficient (Wildman–Crippen LogP) is 5.58. The minimum atomic E-state index is -4.40. The Bertz CT molecular complexity index is 1630. The third-order valence-corrected chi connectivity index (χ3v) is 10.1. The van der Waals surface area contributed by atoms with Crippen LogP contribution in [0.5, 0.6) is 11.5 Å². The molecule has 2 amide bonds. The Morgan fingerprint density at radius 3 is 2.34 bits per heavy atom. The van der Waals surface area contributed by atoms with E-state index in [-0.39, 0.29) is 46.5 Å². The highest BCUT2D eigenvalue weighted by Crippen LogP contribution is 2.34. The number of hydrogen-bond acceptors (Lipinski definition) is 6. The zero-order chi connectivity index (χ0) is 31.4. The minimum Gasteiger partial charge on any atom is -0.486 e. The summed E-state index contributed by atoms with van der Waals surface area (Å²) in [6.07, 6.45) is 3.71. The number of benzene rings is 3. The zero-order valence-electron chi connectivity index (χ0n) is 24.0. The summed E-state index contributed by atoms with van der Waals surface area (Å²) < 4.78 is 54.1. The third-order valence-electron chi connectivity index (χ3n) is 7.72. The van der Waals surface area contributed by atoms with Crippen LogP contribution in [0, 0.1) is 5.82 Å². The molecule has 2 aliphatic rings. The summed E-state index contributed by atoms with van der Waals surface area (Å²) in [4.78, 5) is 28.6. The number of halogens is 3. The molecule has 1 N–H and O–H groups in total. The fraction of sp³-hybridized carbons (Fsp3) is 0.355. The first-order valence-corrected chi connectivity index (χ1v) is 16.4. The molecular weight excluding hydrogens is 632 g/mol. The van der Waals surface area contributed by atoms with Gasteiger partial charge < -0.3 is 19.7 Å². The lowest BCUT2D eigenvalue weighted by atomic mass is 10.1. The van der Waals surface area contributed by atoms with Gasteiger partial charge in [0.15, 0.2) is 11.5 Å². The van der Waals surface area contributed by atoms with Crippen LogP contribution in [0.2, 0.25) is 10.0 Å². The van der Waals surface area contributed by atoms with Crippen molar-refractivity contribution in [2.24, 2.45) is 0 Å². The Labute approximate surface area is 265 Å². The van der Waals surface area contributed by atoms with Gasteiger partial charge in [-0.2, -0.15) is 0 Å². The molecule has 13 heteroatoms. The van der Waals surface area contributed by atoms with E-state index in [0.717, 1.165) is 42.1 Å². The lowest BCUT2D eigenvalue weighted by Gasteiger charge is -2.32. The molecular formula is C31H32Cl2FN3O6S. The third kappa shape index (κ3) is 7.22. The fourth-order valence-electron chi connectivity index (χ4n) is 5.26. The van der Waals surface area contributed by atoms with Gasteiger partial charge in [-0.1, -0.05) is 42.1 Å². The van der Waals surface area contributed by atoms with Gasteiger partial charge in [-0.25, -0.2) is 12.8 Å². The van der Waals surface area contributed by atoms with Crippen LogP contribution in [0.3, 0.4) is 0 Å². The number of nitrogens with zero attached hydrogens (tertiary/aromatic N) is 2. The molecule has 9 nitrogen and oxygen atoms in total. The van der Waals surface area contributed by atoms with E-state index < -0.39 is 34.3 Å². The number of rotatable bonds is 10. The maximum Gasteiger partial charge on any atom is 0.264 e. The maximum absolute atomic E-state index is 14.1. The van der Waals surface area contributed by atoms with Crippen molar-refractivity contribution in [1.29, 1.82) is 0 Å². The standard InChI is InChI=1S/C31H32Cl2FN3O6S/c1-20(31(39)35-24-4-2-3-5-24)36(18-21-6-7-22(32)16-27(21)33)30(38)19-37(25-10-8-23(34)9-11-25)44(40,41)26-12-13-28-29(17-26)43-15-14-42-28/h6-13,16-17,20,24H,2-5,14-15,18-19H2,1H3,(H,35,39)/t20-/m1/s1. The molecule has 0 radical (unpaired) electrons. The zero-order valence-corrected chi connectivity index (χ0v) is 26.3. The number of amides is 2. The van der Waals surface area contributed by atoms with Gasteiger partial charge in [0, 0.05) is 28.7 Å². The maximum atomic E-state index is 14.1. The highest BCUT2D eigenvalue weighted by Gasteiger charge is 2.34. The second-order valence-corrected chi connectivity index (χ2v) is 13.4. The van der Waals surface area contributed by atoms with Crippen LogP contribution in [-0.2, 0) is 26.2 Å². The van der Waals surface area contributed by atoms with Gasteiger partial charge >= 0.3 is 0 Å². The van der Waals surface area contributed by atoms with E-state index in [2.05, 4.69) is 5.32 Å². The first-order valence-electron chi connectivity index (χ1n) is 14.2. The Hall–Kier alpha value is -3.54. The summed E-state index contributed by atoms with van der Waals surface area (Å²) >= 11 is 12.5. The molecule has 1 atom stereocenters. The molecule has 1 fully saturated rings. The Morgan fingerprint density at radius 2 is 1.66 bits per heavy atom. The highest BCUT2D eigenvalue weighted by atomic mass is 35.5. The van der Waals surface area contributed by atoms with Crippen LogP contribution in [0.25, 0.3) is 0 Å². The smallest absolute Gasteiger partial charge is 0.264 e. The molecule has 3 aromatic carbocycles. The predicted molar refractivity (Wildman–Crippen MR) is 165 cm³/mol. The van der Waals surface area contributed by atoms with E-state index in [9.17, 15) is 22.4 Å². The van der Waals surface area contributed by atoms with Gasteiger partial charge in [0.05, 0.1) is 10.6 Å². The second kappa shape index (κ2) is 13.6. The van der Waals surface area contributed by atoms with E-state index >= 15 is 0 Å². The lowest BCUT2D eigenvalue weighted by molar-refractivity contribution is -0.139. The minimum absolute atomic E-state index is 0.00678. The van der Waals surface area contributed by atoms with Gasteiger partial charge in [-0.3, -0.25) is 13.9 Å². The molecule has 1 aliphatic carbocycles. The first kappa shape index (κ1) is 31.9. The SMILES string of the molecule is C[C@H](C(=O)NC1CCCC1)N(Cc1ccc(Cl)cc1Cl)C(=O)CN(c1ccc(F)cc1)S(=O)(=O)c1ccc2c(c1)OCCO2. The number of ether oxygens (including phenoxy) is 2. The van der Waals surface area contributed by atoms with Crippen molar-refractivity contribution in [3.63, 3.8) is 0 Å². The van der Waals surface area contributed by atoms with Crippen LogP contribution in [0.15, 0.2) is 65.6 Å². The Balaban J connectivity index is 1.49. The Morgan fingerprint density at radius 1 is 0.977 bits per heavy atom. The summed E-state index contributed by atoms with van der Waals surface area (Å²) in [5, 5.41) is 3.70. The molecule has 0 bridgehead atoms. The monoisotopic (exact) mass is 663 g/mol. The number of fused-ring (bicyclic) bond motifs is 1. The van der Waals surface area contributed by atoms with Gasteiger partial charge in [-0.05, 0) is 73.9 Å². The van der Waals surface area contributed by atoms with E-state index in [1.807, 2.05) is 0 Å². The molecule has 234 valence electrons. The van der Waals surface area contributed by atoms with Crippen molar-refractivity contribution >= 4 is 50.7 Å². The van der Waals surface area contributed by atoms with Crippen LogP contribution in [0.4, 0.5) is 10.1 Å². The summed E-state index contributed by atoms with van der Waals surface area (Å²) in [7, 11) is -4.40. The van der Waals surface area contributed by atoms with Crippen LogP contribution in [0.1, 0.15) is 38.2 Å². The van der Waals surface area contributed by atoms with Crippen molar-refractivity contribution in [1.82, 2.24) is 10.2 Å². The summed E-state index contributed by atoms with van der Waals surface area (Å²) in [5.41, 5.74) is 0.579. The largest absolute Gasteiger partial charge is 0.486 e. The Kier molecular flexibility index (Phi) is 9.87. The van der Waals surface area contributed by atoms with Gasteiger partial charge in [-0.15, -0.1) is 0 Å². The van der Waals surface area contributed by atoms with Crippen molar-refractivity contribution in [2.45, 2.75) is 56.1 Å². The average molecular weight is 665 g/mol. The summed E-state index contributed by atoms with van der Waals surface area (Å²) in [6.45, 7) is 1.39. The van der Waals surface area contributed by atoms with Crippen LogP contribution < -0.4 is 19.1 Å². The molecule has 0 spiro atoms. The van der Waals surface area contributed by atoms with Crippen molar-refractivity contribution in [3.05, 3.63) is 82.1 Å². The number of anilines is 1. The quantitative estimate of drug-likeness (QED) is 0.304. The number of carbonyl (C=O) groups is 2. The fourth-order valence-corrected chi connectivity index (χ4v) is 7.15. The van der Waals surface area contributed by atoms with Crippen molar-refractivity contribution < 1.29 is 31.9 Å². The topological polar surface area (TPSA) is 105 Å². The van der Waals surface area contributed by atoms with Crippen LogP contribution in [-0.4, -0.2) is 57.0 Å². The molecule has 1 heterocycles. The van der Waals surface area contributed by atoms with E-state index in [0.29, 0.717) is 22.9 Å². The molecule has 1 saturated carbocycles. The number of sulfonamides is 1. The van der Waals surface area contributed by atoms with E-state index in [4.69, 9.17) is 32.7 Å². The average Bonchev–Trinajstić information content (AvgIpc) is 3.52. The molecule has 5 rings (SSSR count).